The Balaban J connectivity index is 1.15. The van der Waals surface area contributed by atoms with Gasteiger partial charge in [0.25, 0.3) is 5.89 Å². The molecule has 0 radical (unpaired) electrons. The smallest absolute Gasteiger partial charge is 0.314 e. The van der Waals surface area contributed by atoms with Crippen molar-refractivity contribution < 1.29 is 27.2 Å². The van der Waals surface area contributed by atoms with Crippen molar-refractivity contribution >= 4 is 11.7 Å². The average molecular weight is 538 g/mol. The molecule has 0 bridgehead atoms. The molecule has 204 valence electrons. The summed E-state index contributed by atoms with van der Waals surface area (Å²) in [6.45, 7) is 0. The van der Waals surface area contributed by atoms with Gasteiger partial charge in [-0.15, -0.1) is 10.2 Å². The average Bonchev–Trinajstić information content (AvgIpc) is 3.50. The Morgan fingerprint density at radius 2 is 1.90 bits per heavy atom. The molecule has 3 aliphatic rings. The zero-order chi connectivity index (χ0) is 27.3. The lowest BCUT2D eigenvalue weighted by molar-refractivity contribution is -0.133. The van der Waals surface area contributed by atoms with E-state index in [1.807, 2.05) is 6.07 Å². The Kier molecular flexibility index (Phi) is 6.55. The first-order chi connectivity index (χ1) is 18.8. The number of ketones is 1. The molecule has 3 aliphatic carbocycles. The number of benzene rings is 2. The summed E-state index contributed by atoms with van der Waals surface area (Å²) in [6.07, 6.45) is 4.17. The molecule has 0 spiro atoms. The van der Waals surface area contributed by atoms with Crippen LogP contribution in [0.15, 0.2) is 46.9 Å². The van der Waals surface area contributed by atoms with Crippen molar-refractivity contribution in [1.29, 1.82) is 0 Å². The lowest BCUT2D eigenvalue weighted by atomic mass is 9.50. The number of aromatic nitrogens is 2. The number of carbonyl (C=O) groups is 2. The van der Waals surface area contributed by atoms with Crippen molar-refractivity contribution in [3.63, 3.8) is 0 Å². The Hall–Kier alpha value is -3.49. The van der Waals surface area contributed by atoms with E-state index in [9.17, 15) is 22.8 Å². The second kappa shape index (κ2) is 9.92. The number of nitrogens with zero attached hydrogens (tertiary/aromatic N) is 2. The van der Waals surface area contributed by atoms with Gasteiger partial charge in [0, 0.05) is 17.0 Å². The van der Waals surface area contributed by atoms with Crippen LogP contribution in [-0.4, -0.2) is 21.9 Å². The molecule has 9 heteroatoms. The van der Waals surface area contributed by atoms with E-state index < -0.39 is 17.7 Å². The van der Waals surface area contributed by atoms with Gasteiger partial charge in [-0.2, -0.15) is 8.78 Å². The number of hydrogen-bond acceptors (Lipinski definition) is 5. The van der Waals surface area contributed by atoms with Crippen molar-refractivity contribution in [3.8, 4) is 11.5 Å². The number of nitrogens with two attached hydrogens (primary N) is 1. The molecule has 1 aromatic heterocycles. The molecule has 39 heavy (non-hydrogen) atoms. The van der Waals surface area contributed by atoms with Gasteiger partial charge in [-0.05, 0) is 85.3 Å². The minimum Gasteiger partial charge on any atom is -0.415 e. The number of rotatable bonds is 7. The van der Waals surface area contributed by atoms with Gasteiger partial charge in [-0.3, -0.25) is 9.59 Å². The van der Waals surface area contributed by atoms with Crippen molar-refractivity contribution in [1.82, 2.24) is 10.2 Å². The first-order valence-electron chi connectivity index (χ1n) is 13.6. The minimum atomic E-state index is -2.85. The van der Waals surface area contributed by atoms with Gasteiger partial charge >= 0.3 is 6.43 Å². The summed E-state index contributed by atoms with van der Waals surface area (Å²) in [6, 6.07) is 11.4. The van der Waals surface area contributed by atoms with Crippen LogP contribution in [0.2, 0.25) is 0 Å². The highest BCUT2D eigenvalue weighted by atomic mass is 19.3. The first-order valence-corrected chi connectivity index (χ1v) is 13.6. The predicted molar refractivity (Wildman–Crippen MR) is 136 cm³/mol. The molecule has 2 N–H and O–H groups in total. The maximum Gasteiger partial charge on any atom is 0.314 e. The van der Waals surface area contributed by atoms with Crippen LogP contribution < -0.4 is 5.73 Å². The summed E-state index contributed by atoms with van der Waals surface area (Å²) in [5.41, 5.74) is 8.00. The molecule has 0 saturated heterocycles. The van der Waals surface area contributed by atoms with Crippen LogP contribution in [0.5, 0.6) is 0 Å². The Bertz CT molecular complexity index is 1410. The topological polar surface area (TPSA) is 99.1 Å². The minimum absolute atomic E-state index is 0.0286. The van der Waals surface area contributed by atoms with Crippen LogP contribution in [0.4, 0.5) is 13.2 Å². The number of amides is 1. The SMILES string of the molecule is NC(=O)C1(c2ccc(F)cc2)CCC1C1CCCC(CC2Cc3ccc(-c4nnc(C(F)F)o4)cc3C2=O)C1. The highest BCUT2D eigenvalue weighted by Gasteiger charge is 2.55. The van der Waals surface area contributed by atoms with Gasteiger partial charge in [0.1, 0.15) is 5.82 Å². The molecular weight excluding hydrogens is 507 g/mol. The van der Waals surface area contributed by atoms with Crippen molar-refractivity contribution in [2.75, 3.05) is 0 Å². The Labute approximate surface area is 224 Å². The van der Waals surface area contributed by atoms with Gasteiger partial charge in [0.05, 0.1) is 5.41 Å². The zero-order valence-corrected chi connectivity index (χ0v) is 21.4. The van der Waals surface area contributed by atoms with Gasteiger partial charge in [0.15, 0.2) is 5.78 Å². The van der Waals surface area contributed by atoms with Crippen LogP contribution in [0.3, 0.4) is 0 Å². The molecule has 2 aromatic carbocycles. The molecule has 3 aromatic rings. The zero-order valence-electron chi connectivity index (χ0n) is 21.4. The molecule has 5 unspecified atom stereocenters. The summed E-state index contributed by atoms with van der Waals surface area (Å²) in [5, 5.41) is 7.08. The van der Waals surface area contributed by atoms with Crippen molar-refractivity contribution in [2.45, 2.75) is 63.2 Å². The van der Waals surface area contributed by atoms with E-state index in [2.05, 4.69) is 10.2 Å². The van der Waals surface area contributed by atoms with Crippen molar-refractivity contribution in [2.24, 2.45) is 29.4 Å². The number of fused-ring (bicyclic) bond motifs is 1. The number of alkyl halides is 2. The van der Waals surface area contributed by atoms with E-state index in [1.165, 1.54) is 12.1 Å². The highest BCUT2D eigenvalue weighted by Crippen LogP contribution is 2.56. The largest absolute Gasteiger partial charge is 0.415 e. The highest BCUT2D eigenvalue weighted by molar-refractivity contribution is 6.03. The number of Topliss-reactive ketones (excluding diaryl/α,β-unsaturated/α-hetero) is 1. The summed E-state index contributed by atoms with van der Waals surface area (Å²) in [7, 11) is 0. The van der Waals surface area contributed by atoms with Crippen LogP contribution in [0, 0.1) is 29.5 Å². The van der Waals surface area contributed by atoms with Gasteiger partial charge in [-0.1, -0.05) is 37.5 Å². The van der Waals surface area contributed by atoms with Crippen LogP contribution in [0.25, 0.3) is 11.5 Å². The third-order valence-corrected chi connectivity index (χ3v) is 9.38. The lowest BCUT2D eigenvalue weighted by Gasteiger charge is -2.53. The predicted octanol–water partition coefficient (Wildman–Crippen LogP) is 6.20. The number of carbonyl (C=O) groups excluding carboxylic acids is 2. The van der Waals surface area contributed by atoms with E-state index in [-0.39, 0.29) is 35.2 Å². The van der Waals surface area contributed by atoms with Gasteiger partial charge in [-0.25, -0.2) is 4.39 Å². The quantitative estimate of drug-likeness (QED) is 0.387. The van der Waals surface area contributed by atoms with E-state index in [0.29, 0.717) is 35.8 Å². The van der Waals surface area contributed by atoms with Crippen LogP contribution >= 0.6 is 0 Å². The molecule has 6 rings (SSSR count). The standard InChI is InChI=1S/C30H30F3N3O3/c31-22-8-6-21(7-9-22)30(29(34)38)11-10-24(30)18-3-1-2-16(12-18)13-20-14-17-4-5-19(15-23(17)25(20)37)27-35-36-28(39-27)26(32)33/h4-9,15-16,18,20,24,26H,1-3,10-14H2,(H2,34,38). The fourth-order valence-corrected chi connectivity index (χ4v) is 7.43. The molecule has 0 aliphatic heterocycles. The monoisotopic (exact) mass is 537 g/mol. The van der Waals surface area contributed by atoms with Gasteiger partial charge < -0.3 is 10.2 Å². The maximum absolute atomic E-state index is 13.6. The molecule has 5 atom stereocenters. The van der Waals surface area contributed by atoms with E-state index in [1.54, 1.807) is 24.3 Å². The number of halogens is 3. The van der Waals surface area contributed by atoms with Gasteiger partial charge in [0.2, 0.25) is 11.8 Å². The third-order valence-electron chi connectivity index (χ3n) is 9.38. The van der Waals surface area contributed by atoms with Crippen LogP contribution in [-0.2, 0) is 16.6 Å². The maximum atomic E-state index is 13.6. The van der Waals surface area contributed by atoms with E-state index in [4.69, 9.17) is 10.2 Å². The lowest BCUT2D eigenvalue weighted by Crippen LogP contribution is -2.57. The second-order valence-electron chi connectivity index (χ2n) is 11.4. The summed E-state index contributed by atoms with van der Waals surface area (Å²) in [5.74, 6) is -0.733. The van der Waals surface area contributed by atoms with E-state index >= 15 is 0 Å². The second-order valence-corrected chi connectivity index (χ2v) is 11.4. The summed E-state index contributed by atoms with van der Waals surface area (Å²) in [4.78, 5) is 26.1. The molecular formula is C30H30F3N3O3. The molecule has 6 nitrogen and oxygen atoms in total. The van der Waals surface area contributed by atoms with Crippen molar-refractivity contribution in [3.05, 3.63) is 70.9 Å². The first kappa shape index (κ1) is 25.8. The molecule has 2 saturated carbocycles. The summed E-state index contributed by atoms with van der Waals surface area (Å²) >= 11 is 0. The fraction of sp³-hybridized carbons (Fsp3) is 0.467. The van der Waals surface area contributed by atoms with Crippen LogP contribution in [0.1, 0.15) is 78.7 Å². The molecule has 2 fully saturated rings. The number of primary amides is 1. The molecule has 1 amide bonds. The Morgan fingerprint density at radius 3 is 2.56 bits per heavy atom. The van der Waals surface area contributed by atoms with E-state index in [0.717, 1.165) is 49.7 Å². The fourth-order valence-electron chi connectivity index (χ4n) is 7.43. The number of hydrogen-bond donors (Lipinski definition) is 1. The third kappa shape index (κ3) is 4.45. The molecule has 1 heterocycles. The summed E-state index contributed by atoms with van der Waals surface area (Å²) < 4.78 is 44.3. The Morgan fingerprint density at radius 1 is 1.10 bits per heavy atom. The normalized spacial score (nSPS) is 28.4.